The van der Waals surface area contributed by atoms with Crippen LogP contribution in [0.25, 0.3) is 5.82 Å². The largest absolute Gasteiger partial charge is 0.494 e. The predicted octanol–water partition coefficient (Wildman–Crippen LogP) is 4.89. The number of hydrogen-bond donors (Lipinski definition) is 1. The summed E-state index contributed by atoms with van der Waals surface area (Å²) in [5.74, 6) is 2.63. The second-order valence-corrected chi connectivity index (χ2v) is 9.64. The third-order valence-electron chi connectivity index (χ3n) is 5.45. The molecule has 0 spiro atoms. The van der Waals surface area contributed by atoms with E-state index in [1.165, 1.54) is 12.1 Å². The van der Waals surface area contributed by atoms with Crippen molar-refractivity contribution in [3.8, 4) is 23.2 Å². The van der Waals surface area contributed by atoms with E-state index in [1.807, 2.05) is 27.7 Å². The van der Waals surface area contributed by atoms with Crippen LogP contribution in [0.4, 0.5) is 5.69 Å². The first-order valence-electron chi connectivity index (χ1n) is 11.1. The quantitative estimate of drug-likeness (QED) is 0.372. The number of anilines is 1. The Morgan fingerprint density at radius 3 is 2.17 bits per heavy atom. The van der Waals surface area contributed by atoms with E-state index in [0.717, 1.165) is 17.0 Å². The summed E-state index contributed by atoms with van der Waals surface area (Å²) < 4.78 is 41.0. The molecule has 4 aromatic rings. The number of hydrogen-bond acceptors (Lipinski definition) is 7. The summed E-state index contributed by atoms with van der Waals surface area (Å²) in [6.45, 7) is 10.1. The molecule has 10 heteroatoms. The summed E-state index contributed by atoms with van der Waals surface area (Å²) in [4.78, 5) is 8.99. The number of rotatable bonds is 8. The molecular formula is C25H27N5O4S. The van der Waals surface area contributed by atoms with Gasteiger partial charge in [-0.1, -0.05) is 0 Å². The van der Waals surface area contributed by atoms with Crippen LogP contribution in [0.15, 0.2) is 59.5 Å². The number of benzene rings is 2. The SMILES string of the molecule is CCOc1ccc(S(=O)(=O)Nc2ccc(Oc3cc(-n4nc(C)c(C)c4C)nc(C)n3)cc2)cc1. The second kappa shape index (κ2) is 9.75. The fraction of sp³-hybridized carbons (Fsp3) is 0.240. The van der Waals surface area contributed by atoms with Crippen LogP contribution in [0.1, 0.15) is 29.7 Å². The molecule has 4 rings (SSSR count). The lowest BCUT2D eigenvalue weighted by molar-refractivity contribution is 0.340. The minimum Gasteiger partial charge on any atom is -0.494 e. The standard InChI is InChI=1S/C25H27N5O4S/c1-6-33-21-11-13-23(14-12-21)35(31,32)29-20-7-9-22(10-8-20)34-25-15-24(26-19(5)27-25)30-18(4)16(2)17(3)28-30/h7-15,29H,6H2,1-5H3. The van der Waals surface area contributed by atoms with Crippen LogP contribution in [-0.2, 0) is 10.0 Å². The van der Waals surface area contributed by atoms with Crippen LogP contribution in [0.2, 0.25) is 0 Å². The molecule has 0 atom stereocenters. The monoisotopic (exact) mass is 493 g/mol. The molecule has 182 valence electrons. The molecule has 0 bridgehead atoms. The first kappa shape index (κ1) is 24.2. The van der Waals surface area contributed by atoms with E-state index in [9.17, 15) is 8.42 Å². The third kappa shape index (κ3) is 5.43. The topological polar surface area (TPSA) is 108 Å². The molecular weight excluding hydrogens is 466 g/mol. The maximum Gasteiger partial charge on any atom is 0.261 e. The molecule has 1 N–H and O–H groups in total. The van der Waals surface area contributed by atoms with E-state index < -0.39 is 10.0 Å². The van der Waals surface area contributed by atoms with Gasteiger partial charge in [-0.2, -0.15) is 10.1 Å². The van der Waals surface area contributed by atoms with E-state index >= 15 is 0 Å². The molecule has 2 heterocycles. The van der Waals surface area contributed by atoms with Crippen molar-refractivity contribution in [3.63, 3.8) is 0 Å². The molecule has 0 aliphatic heterocycles. The maximum absolute atomic E-state index is 12.7. The Labute approximate surface area is 204 Å². The van der Waals surface area contributed by atoms with Crippen molar-refractivity contribution in [3.05, 3.63) is 77.4 Å². The number of nitrogens with one attached hydrogen (secondary N) is 1. The van der Waals surface area contributed by atoms with Crippen LogP contribution in [0.3, 0.4) is 0 Å². The summed E-state index contributed by atoms with van der Waals surface area (Å²) in [6.07, 6.45) is 0. The van der Waals surface area contributed by atoms with Crippen LogP contribution < -0.4 is 14.2 Å². The number of ether oxygens (including phenoxy) is 2. The molecule has 0 unspecified atom stereocenters. The lowest BCUT2D eigenvalue weighted by Gasteiger charge is -2.11. The van der Waals surface area contributed by atoms with Crippen molar-refractivity contribution < 1.29 is 17.9 Å². The summed E-state index contributed by atoms with van der Waals surface area (Å²) in [7, 11) is -3.74. The smallest absolute Gasteiger partial charge is 0.261 e. The number of aromatic nitrogens is 4. The average molecular weight is 494 g/mol. The molecule has 9 nitrogen and oxygen atoms in total. The Kier molecular flexibility index (Phi) is 6.74. The Hall–Kier alpha value is -3.92. The molecule has 0 radical (unpaired) electrons. The molecule has 0 aliphatic carbocycles. The molecule has 0 saturated heterocycles. The minimum absolute atomic E-state index is 0.143. The first-order valence-corrected chi connectivity index (χ1v) is 12.6. The van der Waals surface area contributed by atoms with Gasteiger partial charge in [0.2, 0.25) is 5.88 Å². The maximum atomic E-state index is 12.7. The molecule has 0 fully saturated rings. The van der Waals surface area contributed by atoms with Gasteiger partial charge in [0.25, 0.3) is 10.0 Å². The molecule has 0 aliphatic rings. The van der Waals surface area contributed by atoms with Crippen LogP contribution in [-0.4, -0.2) is 34.8 Å². The van der Waals surface area contributed by atoms with Gasteiger partial charge in [0.15, 0.2) is 5.82 Å². The van der Waals surface area contributed by atoms with Crippen molar-refractivity contribution in [1.29, 1.82) is 0 Å². The fourth-order valence-corrected chi connectivity index (χ4v) is 4.50. The highest BCUT2D eigenvalue weighted by atomic mass is 32.2. The first-order chi connectivity index (χ1) is 16.7. The van der Waals surface area contributed by atoms with Gasteiger partial charge in [-0.15, -0.1) is 0 Å². The summed E-state index contributed by atoms with van der Waals surface area (Å²) >= 11 is 0. The van der Waals surface area contributed by atoms with Gasteiger partial charge >= 0.3 is 0 Å². The lowest BCUT2D eigenvalue weighted by atomic mass is 10.2. The summed E-state index contributed by atoms with van der Waals surface area (Å²) in [5, 5.41) is 4.55. The third-order valence-corrected chi connectivity index (χ3v) is 6.84. The number of aryl methyl sites for hydroxylation is 2. The average Bonchev–Trinajstić information content (AvgIpc) is 3.08. The van der Waals surface area contributed by atoms with E-state index in [0.29, 0.717) is 41.3 Å². The highest BCUT2D eigenvalue weighted by molar-refractivity contribution is 7.92. The fourth-order valence-electron chi connectivity index (χ4n) is 3.44. The molecule has 0 saturated carbocycles. The Bertz CT molecular complexity index is 1450. The molecule has 0 amide bonds. The van der Waals surface area contributed by atoms with Gasteiger partial charge in [-0.3, -0.25) is 4.72 Å². The van der Waals surface area contributed by atoms with Crippen molar-refractivity contribution in [2.24, 2.45) is 0 Å². The highest BCUT2D eigenvalue weighted by Gasteiger charge is 2.15. The van der Waals surface area contributed by atoms with Gasteiger partial charge in [0.05, 0.1) is 17.2 Å². The van der Waals surface area contributed by atoms with Crippen molar-refractivity contribution in [2.45, 2.75) is 39.5 Å². The highest BCUT2D eigenvalue weighted by Crippen LogP contribution is 2.26. The lowest BCUT2D eigenvalue weighted by Crippen LogP contribution is -2.12. The van der Waals surface area contributed by atoms with Crippen molar-refractivity contribution in [2.75, 3.05) is 11.3 Å². The molecule has 35 heavy (non-hydrogen) atoms. The molecule has 2 aromatic heterocycles. The Morgan fingerprint density at radius 1 is 0.914 bits per heavy atom. The predicted molar refractivity (Wildman–Crippen MR) is 133 cm³/mol. The van der Waals surface area contributed by atoms with E-state index in [-0.39, 0.29) is 4.90 Å². The van der Waals surface area contributed by atoms with Gasteiger partial charge in [-0.25, -0.2) is 18.1 Å². The van der Waals surface area contributed by atoms with Crippen molar-refractivity contribution in [1.82, 2.24) is 19.7 Å². The van der Waals surface area contributed by atoms with E-state index in [2.05, 4.69) is 19.8 Å². The van der Waals surface area contributed by atoms with Gasteiger partial charge < -0.3 is 9.47 Å². The summed E-state index contributed by atoms with van der Waals surface area (Å²) in [5.41, 5.74) is 3.44. The zero-order valence-electron chi connectivity index (χ0n) is 20.2. The zero-order valence-corrected chi connectivity index (χ0v) is 21.0. The normalized spacial score (nSPS) is 11.3. The van der Waals surface area contributed by atoms with Gasteiger partial charge in [0.1, 0.15) is 17.3 Å². The van der Waals surface area contributed by atoms with E-state index in [1.54, 1.807) is 54.1 Å². The number of sulfonamides is 1. The second-order valence-electron chi connectivity index (χ2n) is 7.96. The van der Waals surface area contributed by atoms with Gasteiger partial charge in [0, 0.05) is 17.4 Å². The van der Waals surface area contributed by atoms with Crippen LogP contribution >= 0.6 is 0 Å². The number of nitrogens with zero attached hydrogens (tertiary/aromatic N) is 4. The van der Waals surface area contributed by atoms with Crippen LogP contribution in [0.5, 0.6) is 17.4 Å². The summed E-state index contributed by atoms with van der Waals surface area (Å²) in [6, 6.07) is 14.6. The minimum atomic E-state index is -3.74. The zero-order chi connectivity index (χ0) is 25.2. The van der Waals surface area contributed by atoms with E-state index in [4.69, 9.17) is 9.47 Å². The van der Waals surface area contributed by atoms with Gasteiger partial charge in [-0.05, 0) is 88.7 Å². The Morgan fingerprint density at radius 2 is 1.57 bits per heavy atom. The van der Waals surface area contributed by atoms with Crippen molar-refractivity contribution >= 4 is 15.7 Å². The molecule has 2 aromatic carbocycles. The van der Waals surface area contributed by atoms with Crippen LogP contribution in [0, 0.1) is 27.7 Å². The Balaban J connectivity index is 1.49.